The Bertz CT molecular complexity index is 981. The predicted molar refractivity (Wildman–Crippen MR) is 123 cm³/mol. The molecule has 148 valence electrons. The fourth-order valence-electron chi connectivity index (χ4n) is 3.40. The molecule has 1 aliphatic heterocycles. The molecule has 1 aromatic heterocycles. The average Bonchev–Trinajstić information content (AvgIpc) is 3.10. The first-order valence-electron chi connectivity index (χ1n) is 9.35. The van der Waals surface area contributed by atoms with Gasteiger partial charge >= 0.3 is 0 Å². The summed E-state index contributed by atoms with van der Waals surface area (Å²) in [6.45, 7) is 9.61. The van der Waals surface area contributed by atoms with Gasteiger partial charge in [-0.05, 0) is 31.9 Å². The Kier molecular flexibility index (Phi) is 6.75. The van der Waals surface area contributed by atoms with Crippen LogP contribution in [0.15, 0.2) is 52.8 Å². The summed E-state index contributed by atoms with van der Waals surface area (Å²) >= 11 is 1.69. The molecule has 0 radical (unpaired) electrons. The van der Waals surface area contributed by atoms with E-state index in [4.69, 9.17) is 9.73 Å². The van der Waals surface area contributed by atoms with Gasteiger partial charge in [0.05, 0.1) is 37.7 Å². The number of nitrogens with zero attached hydrogens (tertiary/aromatic N) is 3. The van der Waals surface area contributed by atoms with Crippen LogP contribution in [0.5, 0.6) is 0 Å². The number of aryl methyl sites for hydroxylation is 3. The Morgan fingerprint density at radius 2 is 1.57 bits per heavy atom. The maximum atomic E-state index is 5.57. The zero-order valence-electron chi connectivity index (χ0n) is 16.5. The lowest BCUT2D eigenvalue weighted by Crippen LogP contribution is -2.48. The van der Waals surface area contributed by atoms with Crippen molar-refractivity contribution in [2.45, 2.75) is 20.8 Å². The smallest absolute Gasteiger partial charge is 0.209 e. The van der Waals surface area contributed by atoms with Crippen LogP contribution in [0.25, 0.3) is 11.3 Å². The lowest BCUT2D eigenvalue weighted by Gasteiger charge is -2.31. The molecule has 0 aliphatic carbocycles. The Labute approximate surface area is 180 Å². The Balaban J connectivity index is 0.00000225. The van der Waals surface area contributed by atoms with Crippen LogP contribution in [-0.4, -0.2) is 31.0 Å². The van der Waals surface area contributed by atoms with Gasteiger partial charge in [-0.3, -0.25) is 0 Å². The number of hydrogen-bond acceptors (Lipinski definition) is 4. The summed E-state index contributed by atoms with van der Waals surface area (Å²) < 4.78 is 7.85. The molecule has 0 spiro atoms. The largest absolute Gasteiger partial charge is 0.378 e. The van der Waals surface area contributed by atoms with Crippen molar-refractivity contribution in [3.05, 3.63) is 69.3 Å². The van der Waals surface area contributed by atoms with Crippen LogP contribution >= 0.6 is 28.3 Å². The van der Waals surface area contributed by atoms with Crippen LogP contribution in [0.1, 0.15) is 16.7 Å². The van der Waals surface area contributed by atoms with Crippen molar-refractivity contribution in [1.29, 1.82) is 0 Å². The summed E-state index contributed by atoms with van der Waals surface area (Å²) in [4.78, 5) is 6.08. The van der Waals surface area contributed by atoms with E-state index in [0.717, 1.165) is 36.8 Å². The van der Waals surface area contributed by atoms with Crippen LogP contribution < -0.4 is 9.81 Å². The maximum Gasteiger partial charge on any atom is 0.209 e. The van der Waals surface area contributed by atoms with Crippen molar-refractivity contribution in [1.82, 2.24) is 4.68 Å². The monoisotopic (exact) mass is 459 g/mol. The van der Waals surface area contributed by atoms with E-state index in [-0.39, 0.29) is 17.0 Å². The summed E-state index contributed by atoms with van der Waals surface area (Å²) in [5, 5.41) is 4.56. The van der Waals surface area contributed by atoms with Crippen LogP contribution in [0.2, 0.25) is 0 Å². The second-order valence-corrected chi connectivity index (χ2v) is 7.84. The van der Waals surface area contributed by atoms with Crippen molar-refractivity contribution in [2.24, 2.45) is 4.99 Å². The van der Waals surface area contributed by atoms with Crippen molar-refractivity contribution < 1.29 is 4.74 Å². The van der Waals surface area contributed by atoms with Crippen molar-refractivity contribution in [3.8, 4) is 11.3 Å². The highest BCUT2D eigenvalue weighted by molar-refractivity contribution is 8.93. The highest BCUT2D eigenvalue weighted by Crippen LogP contribution is 2.25. The Hall–Kier alpha value is -1.89. The fourth-order valence-corrected chi connectivity index (χ4v) is 4.32. The number of halogens is 1. The second-order valence-electron chi connectivity index (χ2n) is 7.00. The van der Waals surface area contributed by atoms with Crippen LogP contribution in [0, 0.1) is 20.8 Å². The topological polar surface area (TPSA) is 29.8 Å². The van der Waals surface area contributed by atoms with Crippen LogP contribution in [0.3, 0.4) is 0 Å². The first kappa shape index (κ1) is 20.8. The van der Waals surface area contributed by atoms with Gasteiger partial charge in [-0.15, -0.1) is 28.3 Å². The number of morpholine rings is 1. The number of hydrogen-bond donors (Lipinski definition) is 0. The molecule has 1 saturated heterocycles. The highest BCUT2D eigenvalue weighted by atomic mass is 79.9. The molecule has 1 fully saturated rings. The van der Waals surface area contributed by atoms with Gasteiger partial charge in [-0.25, -0.2) is 9.67 Å². The molecule has 0 saturated carbocycles. The van der Waals surface area contributed by atoms with E-state index in [9.17, 15) is 0 Å². The quantitative estimate of drug-likeness (QED) is 0.556. The van der Waals surface area contributed by atoms with E-state index < -0.39 is 0 Å². The Morgan fingerprint density at radius 1 is 0.929 bits per heavy atom. The van der Waals surface area contributed by atoms with Crippen molar-refractivity contribution >= 4 is 34.0 Å². The number of thiazole rings is 1. The molecule has 3 aromatic rings. The molecule has 0 unspecified atom stereocenters. The van der Waals surface area contributed by atoms with E-state index >= 15 is 0 Å². The van der Waals surface area contributed by atoms with Gasteiger partial charge in [0, 0.05) is 10.9 Å². The first-order valence-corrected chi connectivity index (χ1v) is 10.2. The zero-order valence-corrected chi connectivity index (χ0v) is 19.0. The number of benzene rings is 2. The molecular weight excluding hydrogens is 434 g/mol. The molecule has 1 aliphatic rings. The molecule has 0 amide bonds. The fraction of sp³-hybridized carbons (Fsp3) is 0.318. The van der Waals surface area contributed by atoms with Crippen LogP contribution in [-0.2, 0) is 4.74 Å². The number of rotatable bonds is 3. The molecule has 28 heavy (non-hydrogen) atoms. The Morgan fingerprint density at radius 3 is 2.21 bits per heavy atom. The summed E-state index contributed by atoms with van der Waals surface area (Å²) in [6.07, 6.45) is 0. The van der Waals surface area contributed by atoms with E-state index in [1.807, 2.05) is 0 Å². The summed E-state index contributed by atoms with van der Waals surface area (Å²) in [7, 11) is 0. The molecule has 2 aromatic carbocycles. The average molecular weight is 460 g/mol. The number of aromatic nitrogens is 1. The lowest BCUT2D eigenvalue weighted by molar-refractivity contribution is 0.111. The molecule has 2 heterocycles. The minimum absolute atomic E-state index is 0. The summed E-state index contributed by atoms with van der Waals surface area (Å²) in [6, 6.07) is 15.1. The molecule has 4 nitrogen and oxygen atoms in total. The molecule has 0 N–H and O–H groups in total. The third-order valence-electron chi connectivity index (χ3n) is 4.95. The van der Waals surface area contributed by atoms with E-state index in [1.165, 1.54) is 27.9 Å². The number of para-hydroxylation sites is 1. The normalized spacial score (nSPS) is 14.8. The highest BCUT2D eigenvalue weighted by Gasteiger charge is 2.17. The van der Waals surface area contributed by atoms with E-state index in [1.54, 1.807) is 11.3 Å². The first-order chi connectivity index (χ1) is 13.1. The van der Waals surface area contributed by atoms with Gasteiger partial charge in [0.15, 0.2) is 0 Å². The van der Waals surface area contributed by atoms with E-state index in [2.05, 4.69) is 78.3 Å². The second kappa shape index (κ2) is 9.07. The van der Waals surface area contributed by atoms with Gasteiger partial charge in [0.25, 0.3) is 0 Å². The SMILES string of the molecule is Br.Cc1ccc(-c2csc(=Nc3c(C)cccc3C)n2N2CCOCC2)cc1. The van der Waals surface area contributed by atoms with Gasteiger partial charge in [0.2, 0.25) is 4.80 Å². The molecule has 6 heteroatoms. The summed E-state index contributed by atoms with van der Waals surface area (Å²) in [5.74, 6) is 0. The standard InChI is InChI=1S/C22H25N3OS.BrH/c1-16-7-9-19(10-8-16)20-15-27-22(25(20)24-11-13-26-14-12-24)23-21-17(2)5-4-6-18(21)3;/h4-10,15H,11-14H2,1-3H3;1H. The van der Waals surface area contributed by atoms with Crippen molar-refractivity contribution in [2.75, 3.05) is 31.3 Å². The van der Waals surface area contributed by atoms with Crippen LogP contribution in [0.4, 0.5) is 5.69 Å². The third kappa shape index (κ3) is 4.24. The number of ether oxygens (including phenoxy) is 1. The van der Waals surface area contributed by atoms with Gasteiger partial charge in [-0.2, -0.15) is 0 Å². The molecule has 0 bridgehead atoms. The van der Waals surface area contributed by atoms with E-state index in [0.29, 0.717) is 0 Å². The zero-order chi connectivity index (χ0) is 18.8. The minimum atomic E-state index is 0. The predicted octanol–water partition coefficient (Wildman–Crippen LogP) is 4.92. The van der Waals surface area contributed by atoms with Crippen molar-refractivity contribution in [3.63, 3.8) is 0 Å². The lowest BCUT2D eigenvalue weighted by atomic mass is 10.1. The van der Waals surface area contributed by atoms with Gasteiger partial charge < -0.3 is 9.75 Å². The molecule has 0 atom stereocenters. The molecule has 4 rings (SSSR count). The van der Waals surface area contributed by atoms with Gasteiger partial charge in [-0.1, -0.05) is 48.0 Å². The maximum absolute atomic E-state index is 5.57. The summed E-state index contributed by atoms with van der Waals surface area (Å²) in [5.41, 5.74) is 7.14. The third-order valence-corrected chi connectivity index (χ3v) is 5.77. The minimum Gasteiger partial charge on any atom is -0.378 e. The van der Waals surface area contributed by atoms with Gasteiger partial charge in [0.1, 0.15) is 0 Å². The molecular formula is C22H26BrN3OS.